The molecule has 0 aliphatic heterocycles. The molecule has 0 aromatic heterocycles. The Morgan fingerprint density at radius 2 is 1.82 bits per heavy atom. The van der Waals surface area contributed by atoms with Crippen LogP contribution in [-0.2, 0) is 14.3 Å². The summed E-state index contributed by atoms with van der Waals surface area (Å²) in [5, 5.41) is 2.90. The van der Waals surface area contributed by atoms with E-state index in [1.54, 1.807) is 0 Å². The Morgan fingerprint density at radius 3 is 2.41 bits per heavy atom. The lowest BCUT2D eigenvalue weighted by atomic mass is 9.86. The quantitative estimate of drug-likeness (QED) is 0.769. The van der Waals surface area contributed by atoms with Gasteiger partial charge in [-0.25, -0.2) is 0 Å². The lowest BCUT2D eigenvalue weighted by Crippen LogP contribution is -2.43. The zero-order valence-corrected chi connectivity index (χ0v) is 10.8. The van der Waals surface area contributed by atoms with Gasteiger partial charge >= 0.3 is 5.97 Å². The fourth-order valence-electron chi connectivity index (χ4n) is 2.45. The highest BCUT2D eigenvalue weighted by molar-refractivity contribution is 5.77. The summed E-state index contributed by atoms with van der Waals surface area (Å²) in [6.07, 6.45) is 6.17. The Morgan fingerprint density at radius 1 is 1.18 bits per heavy atom. The molecule has 4 nitrogen and oxygen atoms in total. The molecule has 98 valence electrons. The van der Waals surface area contributed by atoms with Gasteiger partial charge in [-0.15, -0.1) is 0 Å². The molecule has 1 rings (SSSR count). The molecule has 0 spiro atoms. The summed E-state index contributed by atoms with van der Waals surface area (Å²) in [7, 11) is 0. The number of rotatable bonds is 3. The van der Waals surface area contributed by atoms with E-state index in [0.29, 0.717) is 6.61 Å². The average Bonchev–Trinajstić information content (AvgIpc) is 2.22. The van der Waals surface area contributed by atoms with Crippen molar-refractivity contribution in [1.82, 2.24) is 5.32 Å². The predicted octanol–water partition coefficient (Wildman–Crippen LogP) is 2.02. The van der Waals surface area contributed by atoms with Crippen molar-refractivity contribution in [3.63, 3.8) is 0 Å². The minimum Gasteiger partial charge on any atom is -0.466 e. The molecule has 1 amide bonds. The smallest absolute Gasteiger partial charge is 0.311 e. The summed E-state index contributed by atoms with van der Waals surface area (Å²) >= 11 is 0. The standard InChI is InChI=1S/C13H23NO3/c1-3-17-13(16)11-8-6-4-5-7-9-12(11)14-10(2)15/h11-12H,3-9H2,1-2H3,(H,14,15)/t11-,12+/m1/s1. The van der Waals surface area contributed by atoms with Crippen LogP contribution in [0.2, 0.25) is 0 Å². The second-order valence-electron chi connectivity index (χ2n) is 4.66. The number of carbonyl (C=O) groups is 2. The number of nitrogens with one attached hydrogen (secondary N) is 1. The van der Waals surface area contributed by atoms with Gasteiger partial charge in [0.05, 0.1) is 12.5 Å². The van der Waals surface area contributed by atoms with E-state index < -0.39 is 0 Å². The first kappa shape index (κ1) is 14.0. The first-order valence-corrected chi connectivity index (χ1v) is 6.59. The van der Waals surface area contributed by atoms with Gasteiger partial charge in [0, 0.05) is 13.0 Å². The van der Waals surface area contributed by atoms with Gasteiger partial charge in [0.25, 0.3) is 0 Å². The van der Waals surface area contributed by atoms with E-state index in [1.165, 1.54) is 19.8 Å². The van der Waals surface area contributed by atoms with Crippen molar-refractivity contribution >= 4 is 11.9 Å². The largest absolute Gasteiger partial charge is 0.466 e. The second-order valence-corrected chi connectivity index (χ2v) is 4.66. The van der Waals surface area contributed by atoms with E-state index in [1.807, 2.05) is 6.92 Å². The summed E-state index contributed by atoms with van der Waals surface area (Å²) in [6.45, 7) is 3.72. The monoisotopic (exact) mass is 241 g/mol. The molecule has 0 aromatic carbocycles. The van der Waals surface area contributed by atoms with Crippen LogP contribution in [0.25, 0.3) is 0 Å². The van der Waals surface area contributed by atoms with Crippen LogP contribution < -0.4 is 5.32 Å². The Hall–Kier alpha value is -1.06. The molecule has 17 heavy (non-hydrogen) atoms. The first-order valence-electron chi connectivity index (χ1n) is 6.59. The van der Waals surface area contributed by atoms with Crippen LogP contribution in [-0.4, -0.2) is 24.5 Å². The summed E-state index contributed by atoms with van der Waals surface area (Å²) in [5.41, 5.74) is 0. The van der Waals surface area contributed by atoms with Crippen LogP contribution in [0.4, 0.5) is 0 Å². The van der Waals surface area contributed by atoms with Crippen LogP contribution in [0, 0.1) is 5.92 Å². The van der Waals surface area contributed by atoms with Gasteiger partial charge in [-0.3, -0.25) is 9.59 Å². The van der Waals surface area contributed by atoms with Crippen LogP contribution in [0.3, 0.4) is 0 Å². The molecular formula is C13H23NO3. The SMILES string of the molecule is CCOC(=O)[C@@H]1CCCCCC[C@@H]1NC(C)=O. The molecular weight excluding hydrogens is 218 g/mol. The zero-order valence-electron chi connectivity index (χ0n) is 10.8. The molecule has 1 fully saturated rings. The van der Waals surface area contributed by atoms with Gasteiger partial charge in [0.15, 0.2) is 0 Å². The highest BCUT2D eigenvalue weighted by atomic mass is 16.5. The number of amides is 1. The third-order valence-corrected chi connectivity index (χ3v) is 3.24. The molecule has 0 saturated heterocycles. The van der Waals surface area contributed by atoms with E-state index >= 15 is 0 Å². The van der Waals surface area contributed by atoms with E-state index in [2.05, 4.69) is 5.32 Å². The Kier molecular flexibility index (Phi) is 6.01. The maximum absolute atomic E-state index is 11.9. The lowest BCUT2D eigenvalue weighted by molar-refractivity contribution is -0.149. The maximum Gasteiger partial charge on any atom is 0.311 e. The van der Waals surface area contributed by atoms with E-state index in [9.17, 15) is 9.59 Å². The van der Waals surface area contributed by atoms with Crippen molar-refractivity contribution < 1.29 is 14.3 Å². The number of esters is 1. The van der Waals surface area contributed by atoms with Crippen molar-refractivity contribution in [1.29, 1.82) is 0 Å². The molecule has 1 N–H and O–H groups in total. The van der Waals surface area contributed by atoms with Gasteiger partial charge in [0.1, 0.15) is 0 Å². The van der Waals surface area contributed by atoms with Gasteiger partial charge in [-0.05, 0) is 19.8 Å². The molecule has 0 unspecified atom stereocenters. The van der Waals surface area contributed by atoms with E-state index in [4.69, 9.17) is 4.74 Å². The zero-order chi connectivity index (χ0) is 12.7. The van der Waals surface area contributed by atoms with Crippen LogP contribution in [0.5, 0.6) is 0 Å². The third kappa shape index (κ3) is 4.75. The average molecular weight is 241 g/mol. The minimum absolute atomic E-state index is 0.0492. The van der Waals surface area contributed by atoms with Gasteiger partial charge in [0.2, 0.25) is 5.91 Å². The van der Waals surface area contributed by atoms with E-state index in [-0.39, 0.29) is 23.8 Å². The molecule has 4 heteroatoms. The normalized spacial score (nSPS) is 25.5. The van der Waals surface area contributed by atoms with Crippen molar-refractivity contribution in [2.24, 2.45) is 5.92 Å². The number of hydrogen-bond acceptors (Lipinski definition) is 3. The van der Waals surface area contributed by atoms with Gasteiger partial charge in [-0.2, -0.15) is 0 Å². The summed E-state index contributed by atoms with van der Waals surface area (Å²) < 4.78 is 5.10. The van der Waals surface area contributed by atoms with E-state index in [0.717, 1.165) is 25.7 Å². The molecule has 0 bridgehead atoms. The highest BCUT2D eigenvalue weighted by Gasteiger charge is 2.30. The van der Waals surface area contributed by atoms with Crippen LogP contribution >= 0.6 is 0 Å². The van der Waals surface area contributed by atoms with Crippen LogP contribution in [0.15, 0.2) is 0 Å². The number of ether oxygens (including phenoxy) is 1. The molecule has 2 atom stereocenters. The Bertz CT molecular complexity index is 265. The third-order valence-electron chi connectivity index (χ3n) is 3.24. The topological polar surface area (TPSA) is 55.4 Å². The van der Waals surface area contributed by atoms with Crippen molar-refractivity contribution in [3.8, 4) is 0 Å². The highest BCUT2D eigenvalue weighted by Crippen LogP contribution is 2.24. The maximum atomic E-state index is 11.9. The predicted molar refractivity (Wildman–Crippen MR) is 65.4 cm³/mol. The lowest BCUT2D eigenvalue weighted by Gasteiger charge is -2.28. The molecule has 0 radical (unpaired) electrons. The number of carbonyl (C=O) groups excluding carboxylic acids is 2. The van der Waals surface area contributed by atoms with Crippen molar-refractivity contribution in [2.45, 2.75) is 58.4 Å². The summed E-state index contributed by atoms with van der Waals surface area (Å²) in [5.74, 6) is -0.392. The Labute approximate surface area is 103 Å². The fraction of sp³-hybridized carbons (Fsp3) is 0.846. The first-order chi connectivity index (χ1) is 8.15. The molecule has 1 aliphatic rings. The molecule has 0 heterocycles. The second kappa shape index (κ2) is 7.30. The van der Waals surface area contributed by atoms with Crippen LogP contribution in [0.1, 0.15) is 52.4 Å². The summed E-state index contributed by atoms with van der Waals surface area (Å²) in [6, 6.07) is -0.0492. The molecule has 1 saturated carbocycles. The minimum atomic E-state index is -0.167. The molecule has 0 aromatic rings. The fourth-order valence-corrected chi connectivity index (χ4v) is 2.45. The van der Waals surface area contributed by atoms with Crippen molar-refractivity contribution in [2.75, 3.05) is 6.61 Å². The van der Waals surface area contributed by atoms with Crippen molar-refractivity contribution in [3.05, 3.63) is 0 Å². The molecule has 1 aliphatic carbocycles. The van der Waals surface area contributed by atoms with Gasteiger partial charge in [-0.1, -0.05) is 25.7 Å². The summed E-state index contributed by atoms with van der Waals surface area (Å²) in [4.78, 5) is 23.1. The Balaban J connectivity index is 2.67. The van der Waals surface area contributed by atoms with Gasteiger partial charge < -0.3 is 10.1 Å². The number of hydrogen-bond donors (Lipinski definition) is 1.